The fourth-order valence-electron chi connectivity index (χ4n) is 2.39. The molecule has 0 radical (unpaired) electrons. The van der Waals surface area contributed by atoms with E-state index in [2.05, 4.69) is 67.7 Å². The Balaban J connectivity index is 1.74. The summed E-state index contributed by atoms with van der Waals surface area (Å²) in [7, 11) is 0. The van der Waals surface area contributed by atoms with Gasteiger partial charge in [0.1, 0.15) is 5.75 Å². The van der Waals surface area contributed by atoms with E-state index in [9.17, 15) is 0 Å². The van der Waals surface area contributed by atoms with Crippen LogP contribution in [0.5, 0.6) is 5.75 Å². The molecule has 0 fully saturated rings. The van der Waals surface area contributed by atoms with Crippen molar-refractivity contribution in [3.05, 3.63) is 65.7 Å². The van der Waals surface area contributed by atoms with Crippen molar-refractivity contribution in [2.45, 2.75) is 45.7 Å². The number of hydrogen-bond donors (Lipinski definition) is 1. The Morgan fingerprint density at radius 2 is 1.77 bits per heavy atom. The van der Waals surface area contributed by atoms with Gasteiger partial charge in [-0.2, -0.15) is 0 Å². The molecule has 1 N–H and O–H groups in total. The Labute approximate surface area is 134 Å². The van der Waals surface area contributed by atoms with Crippen LogP contribution in [-0.2, 0) is 13.0 Å². The number of aryl methyl sites for hydroxylation is 1. The van der Waals surface area contributed by atoms with Gasteiger partial charge in [0.25, 0.3) is 0 Å². The molecule has 0 aromatic heterocycles. The van der Waals surface area contributed by atoms with Crippen LogP contribution in [0.1, 0.15) is 37.8 Å². The molecule has 0 saturated carbocycles. The number of hydrogen-bond acceptors (Lipinski definition) is 2. The molecule has 0 aliphatic heterocycles. The van der Waals surface area contributed by atoms with Crippen LogP contribution in [0.15, 0.2) is 54.6 Å². The van der Waals surface area contributed by atoms with Crippen LogP contribution in [-0.4, -0.2) is 12.6 Å². The molecule has 2 nitrogen and oxygen atoms in total. The van der Waals surface area contributed by atoms with Crippen LogP contribution >= 0.6 is 0 Å². The lowest BCUT2D eigenvalue weighted by atomic mass is 10.1. The van der Waals surface area contributed by atoms with Gasteiger partial charge in [-0.05, 0) is 49.4 Å². The monoisotopic (exact) mass is 297 g/mol. The molecule has 0 spiro atoms. The highest BCUT2D eigenvalue weighted by Gasteiger charge is 2.03. The van der Waals surface area contributed by atoms with Gasteiger partial charge >= 0.3 is 0 Å². The number of ether oxygens (including phenoxy) is 1. The van der Waals surface area contributed by atoms with Crippen molar-refractivity contribution in [1.29, 1.82) is 0 Å². The van der Waals surface area contributed by atoms with E-state index in [-0.39, 0.29) is 0 Å². The van der Waals surface area contributed by atoms with Crippen LogP contribution in [0.3, 0.4) is 0 Å². The average Bonchev–Trinajstić information content (AvgIpc) is 2.57. The van der Waals surface area contributed by atoms with Crippen LogP contribution in [0, 0.1) is 0 Å². The Morgan fingerprint density at radius 1 is 1.00 bits per heavy atom. The molecule has 0 aliphatic rings. The summed E-state index contributed by atoms with van der Waals surface area (Å²) < 4.78 is 5.68. The molecule has 0 heterocycles. The maximum Gasteiger partial charge on any atom is 0.119 e. The second-order valence-electron chi connectivity index (χ2n) is 5.80. The van der Waals surface area contributed by atoms with Gasteiger partial charge in [0.15, 0.2) is 0 Å². The predicted octanol–water partition coefficient (Wildman–Crippen LogP) is 4.59. The first kappa shape index (κ1) is 16.6. The SMILES string of the molecule is CCCOc1cccc(CN[C@@H](C)CCc2ccccc2)c1. The highest BCUT2D eigenvalue weighted by Crippen LogP contribution is 2.14. The third-order valence-electron chi connectivity index (χ3n) is 3.73. The molecule has 2 heteroatoms. The second kappa shape index (κ2) is 9.26. The standard InChI is InChI=1S/C20H27NO/c1-3-14-22-20-11-7-10-19(15-20)16-21-17(2)12-13-18-8-5-4-6-9-18/h4-11,15,17,21H,3,12-14,16H2,1-2H3/t17-/m0/s1. The fourth-order valence-corrected chi connectivity index (χ4v) is 2.39. The van der Waals surface area contributed by atoms with Gasteiger partial charge in [0, 0.05) is 12.6 Å². The summed E-state index contributed by atoms with van der Waals surface area (Å²) in [4.78, 5) is 0. The first-order valence-corrected chi connectivity index (χ1v) is 8.27. The van der Waals surface area contributed by atoms with Crippen molar-refractivity contribution in [3.63, 3.8) is 0 Å². The van der Waals surface area contributed by atoms with Gasteiger partial charge < -0.3 is 10.1 Å². The topological polar surface area (TPSA) is 21.3 Å². The molecule has 0 bridgehead atoms. The summed E-state index contributed by atoms with van der Waals surface area (Å²) in [6.07, 6.45) is 3.31. The van der Waals surface area contributed by atoms with Gasteiger partial charge in [0.05, 0.1) is 6.61 Å². The molecule has 1 atom stereocenters. The smallest absolute Gasteiger partial charge is 0.119 e. The van der Waals surface area contributed by atoms with Crippen molar-refractivity contribution >= 4 is 0 Å². The van der Waals surface area contributed by atoms with E-state index in [0.29, 0.717) is 6.04 Å². The summed E-state index contributed by atoms with van der Waals surface area (Å²) in [5.74, 6) is 0.970. The van der Waals surface area contributed by atoms with Crippen LogP contribution in [0.4, 0.5) is 0 Å². The predicted molar refractivity (Wildman–Crippen MR) is 93.3 cm³/mol. The van der Waals surface area contributed by atoms with Gasteiger partial charge in [-0.3, -0.25) is 0 Å². The summed E-state index contributed by atoms with van der Waals surface area (Å²) in [5, 5.41) is 3.60. The minimum atomic E-state index is 0.500. The van der Waals surface area contributed by atoms with Crippen molar-refractivity contribution in [2.75, 3.05) is 6.61 Å². The zero-order chi connectivity index (χ0) is 15.6. The van der Waals surface area contributed by atoms with E-state index >= 15 is 0 Å². The molecule has 22 heavy (non-hydrogen) atoms. The first-order valence-electron chi connectivity index (χ1n) is 8.27. The molecule has 0 aliphatic carbocycles. The average molecular weight is 297 g/mol. The Bertz CT molecular complexity index is 538. The van der Waals surface area contributed by atoms with Crippen molar-refractivity contribution in [2.24, 2.45) is 0 Å². The fraction of sp³-hybridized carbons (Fsp3) is 0.400. The lowest BCUT2D eigenvalue weighted by molar-refractivity contribution is 0.317. The lowest BCUT2D eigenvalue weighted by Crippen LogP contribution is -2.25. The number of nitrogens with one attached hydrogen (secondary N) is 1. The summed E-state index contributed by atoms with van der Waals surface area (Å²) in [6.45, 7) is 6.05. The van der Waals surface area contributed by atoms with E-state index in [4.69, 9.17) is 4.74 Å². The quantitative estimate of drug-likeness (QED) is 0.731. The number of benzene rings is 2. The highest BCUT2D eigenvalue weighted by atomic mass is 16.5. The Hall–Kier alpha value is -1.80. The van der Waals surface area contributed by atoms with E-state index in [1.54, 1.807) is 0 Å². The lowest BCUT2D eigenvalue weighted by Gasteiger charge is -2.14. The molecule has 2 rings (SSSR count). The second-order valence-corrected chi connectivity index (χ2v) is 5.80. The molecule has 0 unspecified atom stereocenters. The van der Waals surface area contributed by atoms with Gasteiger partial charge in [-0.25, -0.2) is 0 Å². The first-order chi connectivity index (χ1) is 10.8. The van der Waals surface area contributed by atoms with Crippen molar-refractivity contribution in [1.82, 2.24) is 5.32 Å². The minimum absolute atomic E-state index is 0.500. The third-order valence-corrected chi connectivity index (χ3v) is 3.73. The highest BCUT2D eigenvalue weighted by molar-refractivity contribution is 5.28. The molecule has 2 aromatic rings. The largest absolute Gasteiger partial charge is 0.494 e. The van der Waals surface area contributed by atoms with Gasteiger partial charge in [-0.15, -0.1) is 0 Å². The van der Waals surface area contributed by atoms with E-state index in [1.807, 2.05) is 6.07 Å². The van der Waals surface area contributed by atoms with Crippen LogP contribution in [0.25, 0.3) is 0 Å². The Morgan fingerprint density at radius 3 is 2.55 bits per heavy atom. The van der Waals surface area contributed by atoms with Crippen LogP contribution < -0.4 is 10.1 Å². The normalized spacial score (nSPS) is 12.1. The minimum Gasteiger partial charge on any atom is -0.494 e. The summed E-state index contributed by atoms with van der Waals surface area (Å²) in [6, 6.07) is 19.5. The third kappa shape index (κ3) is 5.90. The van der Waals surface area contributed by atoms with Crippen molar-refractivity contribution < 1.29 is 4.74 Å². The molecule has 0 saturated heterocycles. The summed E-state index contributed by atoms with van der Waals surface area (Å²) >= 11 is 0. The van der Waals surface area contributed by atoms with E-state index in [0.717, 1.165) is 38.2 Å². The molecular formula is C20H27NO. The van der Waals surface area contributed by atoms with Gasteiger partial charge in [0.2, 0.25) is 0 Å². The summed E-state index contributed by atoms with van der Waals surface area (Å²) in [5.41, 5.74) is 2.69. The molecule has 118 valence electrons. The number of rotatable bonds is 9. The van der Waals surface area contributed by atoms with Crippen LogP contribution in [0.2, 0.25) is 0 Å². The molecular weight excluding hydrogens is 270 g/mol. The molecule has 2 aromatic carbocycles. The van der Waals surface area contributed by atoms with E-state index < -0.39 is 0 Å². The maximum absolute atomic E-state index is 5.68. The van der Waals surface area contributed by atoms with Gasteiger partial charge in [-0.1, -0.05) is 49.4 Å². The zero-order valence-corrected chi connectivity index (χ0v) is 13.7. The van der Waals surface area contributed by atoms with Crippen molar-refractivity contribution in [3.8, 4) is 5.75 Å². The molecule has 0 amide bonds. The Kier molecular flexibility index (Phi) is 6.98. The maximum atomic E-state index is 5.68. The zero-order valence-electron chi connectivity index (χ0n) is 13.7. The van der Waals surface area contributed by atoms with E-state index in [1.165, 1.54) is 11.1 Å².